The summed E-state index contributed by atoms with van der Waals surface area (Å²) < 4.78 is 5.29. The number of unbranched alkanes of at least 4 members (excludes halogenated alkanes) is 2. The zero-order valence-electron chi connectivity index (χ0n) is 30.7. The Morgan fingerprint density at radius 3 is 2.30 bits per heavy atom. The van der Waals surface area contributed by atoms with Gasteiger partial charge in [0.1, 0.15) is 18.2 Å². The van der Waals surface area contributed by atoms with Gasteiger partial charge in [-0.15, -0.1) is 13.2 Å². The molecule has 5 N–H and O–H groups in total. The molecule has 0 amide bonds. The Labute approximate surface area is 281 Å². The van der Waals surface area contributed by atoms with Crippen LogP contribution in [0.25, 0.3) is 11.0 Å². The number of anilines is 1. The fourth-order valence-corrected chi connectivity index (χ4v) is 4.18. The molecule has 9 nitrogen and oxygen atoms in total. The number of pyridine rings is 1. The molecule has 0 aliphatic heterocycles. The van der Waals surface area contributed by atoms with Gasteiger partial charge in [0.15, 0.2) is 5.65 Å². The lowest BCUT2D eigenvalue weighted by molar-refractivity contribution is -0.147. The van der Waals surface area contributed by atoms with E-state index < -0.39 is 0 Å². The van der Waals surface area contributed by atoms with Gasteiger partial charge in [0.25, 0.3) is 0 Å². The number of ether oxygens (including phenoxy) is 1. The number of rotatable bonds is 12. The van der Waals surface area contributed by atoms with E-state index in [1.54, 1.807) is 6.20 Å². The molecule has 1 aliphatic rings. The van der Waals surface area contributed by atoms with Crippen LogP contribution in [0.1, 0.15) is 118 Å². The number of nitrogen functional groups attached to an aromatic ring is 1. The summed E-state index contributed by atoms with van der Waals surface area (Å²) in [6, 6.07) is 1.96. The zero-order chi connectivity index (χ0) is 35.6. The number of fused-ring (bicyclic) bond motifs is 1. The number of aliphatic hydroxyl groups is 1. The van der Waals surface area contributed by atoms with Gasteiger partial charge in [0.05, 0.1) is 12.0 Å². The molecule has 1 atom stereocenters. The average Bonchev–Trinajstić information content (AvgIpc) is 3.10. The molecule has 1 aliphatic carbocycles. The van der Waals surface area contributed by atoms with Crippen LogP contribution in [-0.2, 0) is 9.53 Å². The quantitative estimate of drug-likeness (QED) is 0.0779. The Kier molecular flexibility index (Phi) is 35.4. The molecular weight excluding hydrogens is 576 g/mol. The molecule has 9 heteroatoms. The largest absolute Gasteiger partial charge is 0.465 e. The van der Waals surface area contributed by atoms with Crippen LogP contribution in [0.4, 0.5) is 5.82 Å². The van der Waals surface area contributed by atoms with Gasteiger partial charge in [-0.1, -0.05) is 85.8 Å². The van der Waals surface area contributed by atoms with Gasteiger partial charge in [-0.3, -0.25) is 4.79 Å². The first kappa shape index (κ1) is 47.1. The molecule has 0 saturated heterocycles. The molecule has 2 aromatic rings. The Hall–Kier alpha value is -3.30. The van der Waals surface area contributed by atoms with E-state index in [0.717, 1.165) is 49.5 Å². The Morgan fingerprint density at radius 2 is 1.76 bits per heavy atom. The van der Waals surface area contributed by atoms with E-state index >= 15 is 0 Å². The maximum Gasteiger partial charge on any atom is 0.323 e. The maximum absolute atomic E-state index is 12.0. The summed E-state index contributed by atoms with van der Waals surface area (Å²) in [5.74, 6) is 0.293. The second-order valence-electron chi connectivity index (χ2n) is 9.96. The van der Waals surface area contributed by atoms with Gasteiger partial charge in [0, 0.05) is 31.6 Å². The summed E-state index contributed by atoms with van der Waals surface area (Å²) in [5.41, 5.74) is 8.57. The minimum atomic E-state index is -0.338. The average molecular weight is 645 g/mol. The van der Waals surface area contributed by atoms with Crippen LogP contribution in [0.5, 0.6) is 0 Å². The number of carbonyl (C=O) groups excluding carboxylic acids is 1. The number of carbonyl (C=O) groups is 1. The monoisotopic (exact) mass is 645 g/mol. The van der Waals surface area contributed by atoms with Crippen LogP contribution in [0.3, 0.4) is 0 Å². The van der Waals surface area contributed by atoms with Gasteiger partial charge >= 0.3 is 5.97 Å². The predicted molar refractivity (Wildman–Crippen MR) is 199 cm³/mol. The highest BCUT2D eigenvalue weighted by Gasteiger charge is 2.24. The standard InChI is InChI=1S/C15H29NO3.C8H8N4.C8H15N.2C2H6.C2H4/c1-2-3-7-12-19-15(18)14(10-11-17)16-13-8-5-4-6-9-13;1-5-2-3-10-8-6(5)7(9)11-4-12-8;1-4-5-6-7-8(2)9-3;3*1-2/h13-14,16-17H,2-12H2,1H3;2-4H,1H3,(H2,9,10,11,12);5-7,9H,4H2,1-3H3;2*1-2H3;1-2H2/b;;6-5-,8-7+;;;. The van der Waals surface area contributed by atoms with Crippen molar-refractivity contribution in [1.82, 2.24) is 25.6 Å². The third kappa shape index (κ3) is 23.1. The van der Waals surface area contributed by atoms with Crippen molar-refractivity contribution < 1.29 is 14.6 Å². The zero-order valence-corrected chi connectivity index (χ0v) is 30.7. The van der Waals surface area contributed by atoms with Crippen molar-refractivity contribution in [3.05, 3.63) is 61.2 Å². The van der Waals surface area contributed by atoms with Crippen molar-refractivity contribution in [3.63, 3.8) is 0 Å². The SMILES string of the molecule is C=C.CC.CC.CC/C=C\C=C(/C)NC.CCCCCOC(=O)C(CCO)NC1CCCCC1.Cc1ccnc2ncnc(N)c12. The molecule has 2 aromatic heterocycles. The van der Waals surface area contributed by atoms with Crippen LogP contribution in [0.2, 0.25) is 0 Å². The minimum absolute atomic E-state index is 0.0223. The Balaban J connectivity index is -0.000000589. The van der Waals surface area contributed by atoms with Crippen molar-refractivity contribution in [2.45, 2.75) is 132 Å². The highest BCUT2D eigenvalue weighted by atomic mass is 16.5. The summed E-state index contributed by atoms with van der Waals surface area (Å²) in [7, 11) is 1.92. The summed E-state index contributed by atoms with van der Waals surface area (Å²) in [5, 5.41) is 16.3. The number of esters is 1. The van der Waals surface area contributed by atoms with Crippen LogP contribution in [-0.4, -0.2) is 58.4 Å². The number of hydrogen-bond donors (Lipinski definition) is 4. The second-order valence-corrected chi connectivity index (χ2v) is 9.96. The van der Waals surface area contributed by atoms with Crippen molar-refractivity contribution in [2.75, 3.05) is 26.0 Å². The number of aromatic nitrogens is 3. The highest BCUT2D eigenvalue weighted by Crippen LogP contribution is 2.19. The number of allylic oxidation sites excluding steroid dienone is 4. The van der Waals surface area contributed by atoms with E-state index in [1.165, 1.54) is 31.3 Å². The lowest BCUT2D eigenvalue weighted by Gasteiger charge is -2.27. The summed E-state index contributed by atoms with van der Waals surface area (Å²) in [6.45, 7) is 22.8. The molecule has 1 saturated carbocycles. The summed E-state index contributed by atoms with van der Waals surface area (Å²) in [6.07, 6.45) is 20.1. The summed E-state index contributed by atoms with van der Waals surface area (Å²) in [4.78, 5) is 23.9. The lowest BCUT2D eigenvalue weighted by atomic mass is 9.94. The topological polar surface area (TPSA) is 135 Å². The third-order valence-electron chi connectivity index (χ3n) is 6.62. The van der Waals surface area contributed by atoms with E-state index in [-0.39, 0.29) is 18.6 Å². The maximum atomic E-state index is 12.0. The first-order valence-electron chi connectivity index (χ1n) is 17.2. The lowest BCUT2D eigenvalue weighted by Crippen LogP contribution is -2.45. The van der Waals surface area contributed by atoms with Gasteiger partial charge in [-0.25, -0.2) is 15.0 Å². The van der Waals surface area contributed by atoms with Gasteiger partial charge in [-0.05, 0) is 63.7 Å². The van der Waals surface area contributed by atoms with Crippen molar-refractivity contribution >= 4 is 22.8 Å². The molecule has 0 bridgehead atoms. The number of nitrogens with zero attached hydrogens (tertiary/aromatic N) is 3. The molecule has 2 heterocycles. The predicted octanol–water partition coefficient (Wildman–Crippen LogP) is 8.24. The normalized spacial score (nSPS) is 13.0. The van der Waals surface area contributed by atoms with E-state index in [1.807, 2.05) is 54.7 Å². The first-order chi connectivity index (χ1) is 22.4. The number of aryl methyl sites for hydroxylation is 1. The highest BCUT2D eigenvalue weighted by molar-refractivity contribution is 5.87. The fraction of sp³-hybridized carbons (Fsp3) is 0.622. The van der Waals surface area contributed by atoms with Crippen LogP contribution in [0, 0.1) is 6.92 Å². The third-order valence-corrected chi connectivity index (χ3v) is 6.62. The number of nitrogens with two attached hydrogens (primary N) is 1. The molecule has 46 heavy (non-hydrogen) atoms. The van der Waals surface area contributed by atoms with E-state index in [9.17, 15) is 4.79 Å². The fourth-order valence-electron chi connectivity index (χ4n) is 4.18. The van der Waals surface area contributed by atoms with Crippen LogP contribution in [0.15, 0.2) is 55.7 Å². The van der Waals surface area contributed by atoms with Gasteiger partial charge < -0.3 is 26.2 Å². The van der Waals surface area contributed by atoms with Crippen LogP contribution < -0.4 is 16.4 Å². The molecule has 0 aromatic carbocycles. The van der Waals surface area contributed by atoms with E-state index in [2.05, 4.69) is 70.8 Å². The number of aliphatic hydroxyl groups excluding tert-OH is 1. The molecule has 1 fully saturated rings. The van der Waals surface area contributed by atoms with Crippen molar-refractivity contribution in [3.8, 4) is 0 Å². The number of hydrogen-bond acceptors (Lipinski definition) is 9. The smallest absolute Gasteiger partial charge is 0.323 e. The van der Waals surface area contributed by atoms with E-state index in [0.29, 0.717) is 30.5 Å². The van der Waals surface area contributed by atoms with E-state index in [4.69, 9.17) is 15.6 Å². The summed E-state index contributed by atoms with van der Waals surface area (Å²) >= 11 is 0. The molecule has 3 rings (SSSR count). The minimum Gasteiger partial charge on any atom is -0.465 e. The molecule has 264 valence electrons. The number of nitrogens with one attached hydrogen (secondary N) is 2. The molecule has 0 spiro atoms. The first-order valence-corrected chi connectivity index (χ1v) is 17.2. The Bertz CT molecular complexity index is 1000. The van der Waals surface area contributed by atoms with Crippen molar-refractivity contribution in [2.24, 2.45) is 0 Å². The van der Waals surface area contributed by atoms with Gasteiger partial charge in [-0.2, -0.15) is 0 Å². The van der Waals surface area contributed by atoms with Gasteiger partial charge in [0.2, 0.25) is 0 Å². The second kappa shape index (κ2) is 34.6. The molecule has 1 unspecified atom stereocenters. The van der Waals surface area contributed by atoms with Crippen molar-refractivity contribution in [1.29, 1.82) is 0 Å². The molecular formula is C37H68N6O3. The Morgan fingerprint density at radius 1 is 1.11 bits per heavy atom. The van der Waals surface area contributed by atoms with Crippen LogP contribution >= 0.6 is 0 Å². The molecule has 0 radical (unpaired) electrons.